The Labute approximate surface area is 129 Å². The fourth-order valence-corrected chi connectivity index (χ4v) is 3.08. The molecule has 0 heterocycles. The van der Waals surface area contributed by atoms with Crippen molar-refractivity contribution in [2.24, 2.45) is 0 Å². The van der Waals surface area contributed by atoms with Crippen LogP contribution in [0.1, 0.15) is 17.3 Å². The molecule has 0 spiro atoms. The average Bonchev–Trinajstić information content (AvgIpc) is 2.36. The van der Waals surface area contributed by atoms with Crippen LogP contribution in [0, 0.1) is 0 Å². The van der Waals surface area contributed by atoms with Crippen molar-refractivity contribution in [1.29, 1.82) is 0 Å². The van der Waals surface area contributed by atoms with E-state index in [2.05, 4.69) is 5.32 Å². The standard InChI is InChI=1S/C11H13Cl2NO4S2/c1-2-19(16)4-3-14-11(15)8-5-9(12)7-10(6-8)20(13,17)18/h5-7H,2-4H2,1H3,(H,14,15). The first-order chi connectivity index (χ1) is 9.24. The van der Waals surface area contributed by atoms with Gasteiger partial charge < -0.3 is 5.32 Å². The third kappa shape index (κ3) is 5.40. The van der Waals surface area contributed by atoms with Crippen molar-refractivity contribution in [1.82, 2.24) is 5.32 Å². The van der Waals surface area contributed by atoms with Gasteiger partial charge in [-0.3, -0.25) is 9.00 Å². The molecule has 1 N–H and O–H groups in total. The molecule has 1 unspecified atom stereocenters. The Bertz CT molecular complexity index is 631. The van der Waals surface area contributed by atoms with Gasteiger partial charge in [0.15, 0.2) is 0 Å². The van der Waals surface area contributed by atoms with Gasteiger partial charge in [0.2, 0.25) is 0 Å². The zero-order valence-electron chi connectivity index (χ0n) is 10.6. The Morgan fingerprint density at radius 2 is 2.00 bits per heavy atom. The maximum atomic E-state index is 11.8. The van der Waals surface area contributed by atoms with Gasteiger partial charge in [-0.25, -0.2) is 8.42 Å². The zero-order valence-corrected chi connectivity index (χ0v) is 13.7. The van der Waals surface area contributed by atoms with Crippen LogP contribution in [-0.4, -0.2) is 36.6 Å². The van der Waals surface area contributed by atoms with E-state index < -0.39 is 25.8 Å². The van der Waals surface area contributed by atoms with Gasteiger partial charge in [0.1, 0.15) is 0 Å². The third-order valence-electron chi connectivity index (χ3n) is 2.35. The Morgan fingerprint density at radius 3 is 2.55 bits per heavy atom. The van der Waals surface area contributed by atoms with E-state index in [1.807, 2.05) is 0 Å². The van der Waals surface area contributed by atoms with E-state index in [0.717, 1.165) is 12.1 Å². The van der Waals surface area contributed by atoms with Gasteiger partial charge in [-0.05, 0) is 18.2 Å². The summed E-state index contributed by atoms with van der Waals surface area (Å²) < 4.78 is 33.7. The molecule has 1 amide bonds. The number of carbonyl (C=O) groups excluding carboxylic acids is 1. The summed E-state index contributed by atoms with van der Waals surface area (Å²) in [7, 11) is 0.273. The van der Waals surface area contributed by atoms with E-state index in [1.165, 1.54) is 6.07 Å². The number of hydrogen-bond donors (Lipinski definition) is 1. The van der Waals surface area contributed by atoms with Crippen molar-refractivity contribution in [3.05, 3.63) is 28.8 Å². The molecule has 0 bridgehead atoms. The van der Waals surface area contributed by atoms with Crippen molar-refractivity contribution in [3.63, 3.8) is 0 Å². The van der Waals surface area contributed by atoms with Crippen molar-refractivity contribution >= 4 is 48.0 Å². The molecule has 0 saturated heterocycles. The Morgan fingerprint density at radius 1 is 1.35 bits per heavy atom. The normalized spacial score (nSPS) is 12.9. The highest BCUT2D eigenvalue weighted by molar-refractivity contribution is 8.13. The molecule has 20 heavy (non-hydrogen) atoms. The summed E-state index contributed by atoms with van der Waals surface area (Å²) in [6.45, 7) is 2.02. The number of benzene rings is 1. The first-order valence-corrected chi connectivity index (χ1v) is 9.80. The summed E-state index contributed by atoms with van der Waals surface area (Å²) >= 11 is 5.76. The highest BCUT2D eigenvalue weighted by atomic mass is 35.7. The Kier molecular flexibility index (Phi) is 6.44. The predicted octanol–water partition coefficient (Wildman–Crippen LogP) is 1.77. The molecule has 1 aromatic carbocycles. The summed E-state index contributed by atoms with van der Waals surface area (Å²) in [5.74, 6) is 0.354. The minimum atomic E-state index is -3.96. The largest absolute Gasteiger partial charge is 0.351 e. The van der Waals surface area contributed by atoms with Crippen molar-refractivity contribution in [2.45, 2.75) is 11.8 Å². The minimum Gasteiger partial charge on any atom is -0.351 e. The fourth-order valence-electron chi connectivity index (χ4n) is 1.36. The molecule has 1 atom stereocenters. The second-order valence-corrected chi connectivity index (χ2v) is 8.67. The molecular weight excluding hydrogens is 345 g/mol. The molecule has 0 aromatic heterocycles. The molecule has 1 rings (SSSR count). The maximum Gasteiger partial charge on any atom is 0.261 e. The van der Waals surface area contributed by atoms with E-state index in [-0.39, 0.29) is 22.0 Å². The lowest BCUT2D eigenvalue weighted by Crippen LogP contribution is -2.28. The SMILES string of the molecule is CCS(=O)CCNC(=O)c1cc(Cl)cc(S(=O)(=O)Cl)c1. The summed E-state index contributed by atoms with van der Waals surface area (Å²) in [6, 6.07) is 3.63. The smallest absolute Gasteiger partial charge is 0.261 e. The molecule has 1 aromatic rings. The molecule has 0 aliphatic heterocycles. The monoisotopic (exact) mass is 357 g/mol. The van der Waals surface area contributed by atoms with Gasteiger partial charge in [-0.15, -0.1) is 0 Å². The van der Waals surface area contributed by atoms with E-state index in [9.17, 15) is 17.4 Å². The molecule has 0 aliphatic rings. The van der Waals surface area contributed by atoms with Crippen LogP contribution in [-0.2, 0) is 19.9 Å². The van der Waals surface area contributed by atoms with Crippen LogP contribution in [0.25, 0.3) is 0 Å². The first-order valence-electron chi connectivity index (χ1n) is 5.62. The lowest BCUT2D eigenvalue weighted by atomic mass is 10.2. The number of rotatable bonds is 6. The van der Waals surface area contributed by atoms with Crippen molar-refractivity contribution in [2.75, 3.05) is 18.1 Å². The van der Waals surface area contributed by atoms with Gasteiger partial charge in [0.05, 0.1) is 4.90 Å². The summed E-state index contributed by atoms with van der Waals surface area (Å²) in [5.41, 5.74) is 0.0824. The molecular formula is C11H13Cl2NO4S2. The molecule has 9 heteroatoms. The van der Waals surface area contributed by atoms with Crippen molar-refractivity contribution in [3.8, 4) is 0 Å². The fraction of sp³-hybridized carbons (Fsp3) is 0.364. The average molecular weight is 358 g/mol. The maximum absolute atomic E-state index is 11.8. The number of amides is 1. The second-order valence-electron chi connectivity index (χ2n) is 3.80. The number of carbonyl (C=O) groups is 1. The minimum absolute atomic E-state index is 0.0824. The summed E-state index contributed by atoms with van der Waals surface area (Å²) in [4.78, 5) is 11.6. The molecule has 112 valence electrons. The Balaban J connectivity index is 2.83. The third-order valence-corrected chi connectivity index (χ3v) is 5.21. The molecule has 0 saturated carbocycles. The van der Waals surface area contributed by atoms with E-state index >= 15 is 0 Å². The van der Waals surface area contributed by atoms with Gasteiger partial charge in [-0.2, -0.15) is 0 Å². The van der Waals surface area contributed by atoms with Crippen LogP contribution in [0.4, 0.5) is 0 Å². The van der Waals surface area contributed by atoms with E-state index in [0.29, 0.717) is 11.5 Å². The van der Waals surface area contributed by atoms with Gasteiger partial charge in [-0.1, -0.05) is 18.5 Å². The predicted molar refractivity (Wildman–Crippen MR) is 80.4 cm³/mol. The van der Waals surface area contributed by atoms with Crippen LogP contribution in [0.5, 0.6) is 0 Å². The lowest BCUT2D eigenvalue weighted by Gasteiger charge is -2.06. The highest BCUT2D eigenvalue weighted by Gasteiger charge is 2.15. The number of halogens is 2. The summed E-state index contributed by atoms with van der Waals surface area (Å²) in [6.07, 6.45) is 0. The van der Waals surface area contributed by atoms with Crippen LogP contribution in [0.15, 0.2) is 23.1 Å². The Hall–Kier alpha value is -0.630. The number of nitrogens with one attached hydrogen (secondary N) is 1. The van der Waals surface area contributed by atoms with Gasteiger partial charge in [0, 0.05) is 50.1 Å². The molecule has 5 nitrogen and oxygen atoms in total. The van der Waals surface area contributed by atoms with E-state index in [1.54, 1.807) is 6.92 Å². The topological polar surface area (TPSA) is 80.3 Å². The number of hydrogen-bond acceptors (Lipinski definition) is 4. The first kappa shape index (κ1) is 17.4. The van der Waals surface area contributed by atoms with Crippen molar-refractivity contribution < 1.29 is 17.4 Å². The quantitative estimate of drug-likeness (QED) is 0.786. The van der Waals surface area contributed by atoms with Gasteiger partial charge >= 0.3 is 0 Å². The second kappa shape index (κ2) is 7.40. The van der Waals surface area contributed by atoms with Crippen LogP contribution >= 0.6 is 22.3 Å². The zero-order chi connectivity index (χ0) is 15.3. The molecule has 0 radical (unpaired) electrons. The van der Waals surface area contributed by atoms with Crippen LogP contribution < -0.4 is 5.32 Å². The lowest BCUT2D eigenvalue weighted by molar-refractivity contribution is 0.0956. The van der Waals surface area contributed by atoms with E-state index in [4.69, 9.17) is 22.3 Å². The van der Waals surface area contributed by atoms with Crippen LogP contribution in [0.2, 0.25) is 5.02 Å². The molecule has 0 aliphatic carbocycles. The molecule has 0 fully saturated rings. The highest BCUT2D eigenvalue weighted by Crippen LogP contribution is 2.21. The van der Waals surface area contributed by atoms with Crippen LogP contribution in [0.3, 0.4) is 0 Å². The summed E-state index contributed by atoms with van der Waals surface area (Å²) in [5, 5.41) is 2.63. The van der Waals surface area contributed by atoms with Gasteiger partial charge in [0.25, 0.3) is 15.0 Å².